The minimum atomic E-state index is -0.257. The number of likely N-dealkylation sites (tertiary alicyclic amines) is 1. The van der Waals surface area contributed by atoms with Gasteiger partial charge in [0, 0.05) is 68.4 Å². The van der Waals surface area contributed by atoms with Gasteiger partial charge in [-0.2, -0.15) is 0 Å². The van der Waals surface area contributed by atoms with Crippen LogP contribution >= 0.6 is 0 Å². The number of nitrogens with one attached hydrogen (secondary N) is 3. The molecule has 5 aliphatic heterocycles. The van der Waals surface area contributed by atoms with Crippen molar-refractivity contribution >= 4 is 40.7 Å². The normalized spacial score (nSPS) is 25.4. The van der Waals surface area contributed by atoms with Crippen LogP contribution in [0.1, 0.15) is 42.0 Å². The van der Waals surface area contributed by atoms with Crippen LogP contribution in [0.5, 0.6) is 0 Å². The molecule has 0 bridgehead atoms. The monoisotopic (exact) mass is 606 g/mol. The van der Waals surface area contributed by atoms with Crippen molar-refractivity contribution in [2.75, 3.05) is 54.4 Å². The van der Waals surface area contributed by atoms with Crippen molar-refractivity contribution in [2.45, 2.75) is 44.2 Å². The maximum Gasteiger partial charge on any atom is 0.234 e. The Hall–Kier alpha value is -4.35. The summed E-state index contributed by atoms with van der Waals surface area (Å²) >= 11 is 0. The third-order valence-corrected chi connectivity index (χ3v) is 10.3. The summed E-state index contributed by atoms with van der Waals surface area (Å²) in [5.41, 5.74) is 6.20. The van der Waals surface area contributed by atoms with E-state index in [0.717, 1.165) is 87.0 Å². The van der Waals surface area contributed by atoms with Gasteiger partial charge in [-0.05, 0) is 85.8 Å². The molecule has 3 unspecified atom stereocenters. The number of carbonyl (C=O) groups excluding carboxylic acids is 3. The number of benzene rings is 2. The molecule has 0 radical (unpaired) electrons. The molecule has 11 heteroatoms. The lowest BCUT2D eigenvalue weighted by Gasteiger charge is -2.49. The van der Waals surface area contributed by atoms with E-state index in [1.807, 2.05) is 47.5 Å². The first-order valence-electron chi connectivity index (χ1n) is 16.1. The zero-order valence-electron chi connectivity index (χ0n) is 25.2. The highest BCUT2D eigenvalue weighted by Crippen LogP contribution is 2.38. The van der Waals surface area contributed by atoms with Gasteiger partial charge in [-0.1, -0.05) is 12.1 Å². The van der Waals surface area contributed by atoms with E-state index in [2.05, 4.69) is 47.9 Å². The van der Waals surface area contributed by atoms with E-state index >= 15 is 0 Å². The Morgan fingerprint density at radius 3 is 2.47 bits per heavy atom. The molecule has 3 amide bonds. The number of aromatic nitrogens is 2. The topological polar surface area (TPSA) is 123 Å². The third kappa shape index (κ3) is 5.44. The predicted molar refractivity (Wildman–Crippen MR) is 170 cm³/mol. The van der Waals surface area contributed by atoms with Crippen LogP contribution < -0.4 is 25.8 Å². The molecule has 8 rings (SSSR count). The van der Waals surface area contributed by atoms with Crippen molar-refractivity contribution in [3.8, 4) is 0 Å². The number of amides is 3. The molecule has 11 nitrogen and oxygen atoms in total. The quantitative estimate of drug-likeness (QED) is 0.364. The first-order valence-corrected chi connectivity index (χ1v) is 16.1. The molecule has 0 spiro atoms. The molecule has 45 heavy (non-hydrogen) atoms. The standard InChI is InChI=1S/C34H38N8O3/c43-31-10-9-28(32(44)39-31)21-1-5-25(6-2-21)41-18-27(19-41)40-14-12-23-17-42(33(45)29(23)20-40)26-7-3-24(4-8-26)37-34-36-15-22-11-13-35-16-30(22)38-34/h1-8,15,23,27-29,35H,9-14,16-20H2,(H,36,37,38)(H,39,43,44). The maximum absolute atomic E-state index is 13.6. The number of hydrogen-bond acceptors (Lipinski definition) is 9. The summed E-state index contributed by atoms with van der Waals surface area (Å²) in [6, 6.07) is 16.7. The van der Waals surface area contributed by atoms with E-state index < -0.39 is 0 Å². The SMILES string of the molecule is O=C1CCC(c2ccc(N3CC(N4CCC5CN(c6ccc(Nc7ncc8c(n7)CNCC8)cc6)C(=O)C5C4)C3)cc2)C(=O)N1. The Balaban J connectivity index is 0.850. The molecule has 2 aromatic carbocycles. The molecule has 3 atom stereocenters. The first kappa shape index (κ1) is 28.1. The van der Waals surface area contributed by atoms with Crippen molar-refractivity contribution in [2.24, 2.45) is 11.8 Å². The molecule has 6 heterocycles. The summed E-state index contributed by atoms with van der Waals surface area (Å²) < 4.78 is 0. The van der Waals surface area contributed by atoms with Crippen LogP contribution in [0.4, 0.5) is 23.0 Å². The molecule has 0 saturated carbocycles. The first-order chi connectivity index (χ1) is 22.0. The minimum Gasteiger partial charge on any atom is -0.368 e. The third-order valence-electron chi connectivity index (χ3n) is 10.3. The fraction of sp³-hybridized carbons (Fsp3) is 0.441. The van der Waals surface area contributed by atoms with Gasteiger partial charge in [0.05, 0.1) is 17.5 Å². The largest absolute Gasteiger partial charge is 0.368 e. The number of carbonyl (C=O) groups is 3. The molecular weight excluding hydrogens is 568 g/mol. The van der Waals surface area contributed by atoms with Gasteiger partial charge in [0.1, 0.15) is 0 Å². The minimum absolute atomic E-state index is 0.0379. The van der Waals surface area contributed by atoms with Crippen molar-refractivity contribution in [3.05, 3.63) is 71.5 Å². The van der Waals surface area contributed by atoms with E-state index in [9.17, 15) is 14.4 Å². The molecule has 0 aliphatic carbocycles. The number of rotatable bonds is 6. The van der Waals surface area contributed by atoms with Crippen LogP contribution in [0, 0.1) is 11.8 Å². The summed E-state index contributed by atoms with van der Waals surface area (Å²) in [4.78, 5) is 53.3. The molecule has 4 fully saturated rings. The Morgan fingerprint density at radius 1 is 0.867 bits per heavy atom. The van der Waals surface area contributed by atoms with Crippen molar-refractivity contribution in [1.82, 2.24) is 25.5 Å². The molecule has 232 valence electrons. The highest BCUT2D eigenvalue weighted by Gasteiger charge is 2.46. The van der Waals surface area contributed by atoms with Gasteiger partial charge < -0.3 is 20.4 Å². The number of fused-ring (bicyclic) bond motifs is 2. The van der Waals surface area contributed by atoms with E-state index in [1.54, 1.807) is 0 Å². The lowest BCUT2D eigenvalue weighted by molar-refractivity contribution is -0.134. The average Bonchev–Trinajstić information content (AvgIpc) is 3.37. The summed E-state index contributed by atoms with van der Waals surface area (Å²) in [6.45, 7) is 6.22. The fourth-order valence-corrected chi connectivity index (χ4v) is 7.59. The van der Waals surface area contributed by atoms with Gasteiger partial charge in [0.15, 0.2) is 0 Å². The second-order valence-corrected chi connectivity index (χ2v) is 13.0. The smallest absolute Gasteiger partial charge is 0.234 e. The number of nitrogens with zero attached hydrogens (tertiary/aromatic N) is 5. The molecule has 5 aliphatic rings. The van der Waals surface area contributed by atoms with E-state index in [0.29, 0.717) is 30.7 Å². The number of piperidine rings is 2. The van der Waals surface area contributed by atoms with Gasteiger partial charge in [-0.15, -0.1) is 0 Å². The second-order valence-electron chi connectivity index (χ2n) is 13.0. The van der Waals surface area contributed by atoms with Gasteiger partial charge in [-0.25, -0.2) is 9.97 Å². The summed E-state index contributed by atoms with van der Waals surface area (Å²) in [5, 5.41) is 9.11. The Morgan fingerprint density at radius 2 is 1.67 bits per heavy atom. The van der Waals surface area contributed by atoms with Crippen LogP contribution in [-0.4, -0.2) is 77.9 Å². The Labute approximate surface area is 262 Å². The highest BCUT2D eigenvalue weighted by molar-refractivity contribution is 6.01. The van der Waals surface area contributed by atoms with E-state index in [4.69, 9.17) is 0 Å². The zero-order chi connectivity index (χ0) is 30.5. The van der Waals surface area contributed by atoms with Crippen molar-refractivity contribution in [1.29, 1.82) is 0 Å². The van der Waals surface area contributed by atoms with Gasteiger partial charge in [0.25, 0.3) is 0 Å². The van der Waals surface area contributed by atoms with Gasteiger partial charge >= 0.3 is 0 Å². The van der Waals surface area contributed by atoms with Crippen LogP contribution in [-0.2, 0) is 27.3 Å². The highest BCUT2D eigenvalue weighted by atomic mass is 16.2. The van der Waals surface area contributed by atoms with E-state index in [1.165, 1.54) is 5.56 Å². The molecule has 3 aromatic rings. The molecule has 3 N–H and O–H groups in total. The van der Waals surface area contributed by atoms with Crippen LogP contribution in [0.25, 0.3) is 0 Å². The summed E-state index contributed by atoms with van der Waals surface area (Å²) in [7, 11) is 0. The Kier molecular flexibility index (Phi) is 7.22. The lowest BCUT2D eigenvalue weighted by Crippen LogP contribution is -2.62. The second kappa shape index (κ2) is 11.5. The van der Waals surface area contributed by atoms with Crippen molar-refractivity contribution in [3.63, 3.8) is 0 Å². The maximum atomic E-state index is 13.6. The van der Waals surface area contributed by atoms with Gasteiger partial charge in [0.2, 0.25) is 23.7 Å². The zero-order valence-corrected chi connectivity index (χ0v) is 25.2. The van der Waals surface area contributed by atoms with Crippen LogP contribution in [0.2, 0.25) is 0 Å². The Bertz CT molecular complexity index is 1620. The van der Waals surface area contributed by atoms with Gasteiger partial charge in [-0.3, -0.25) is 24.6 Å². The summed E-state index contributed by atoms with van der Waals surface area (Å²) in [5.74, 6) is 0.606. The lowest BCUT2D eigenvalue weighted by atomic mass is 9.86. The number of hydrogen-bond donors (Lipinski definition) is 3. The average molecular weight is 607 g/mol. The molecular formula is C34H38N8O3. The predicted octanol–water partition coefficient (Wildman–Crippen LogP) is 2.56. The van der Waals surface area contributed by atoms with Crippen LogP contribution in [0.3, 0.4) is 0 Å². The van der Waals surface area contributed by atoms with Crippen LogP contribution in [0.15, 0.2) is 54.7 Å². The van der Waals surface area contributed by atoms with Crippen molar-refractivity contribution < 1.29 is 14.4 Å². The number of anilines is 4. The molecule has 1 aromatic heterocycles. The number of imide groups is 1. The van der Waals surface area contributed by atoms with E-state index in [-0.39, 0.29) is 29.6 Å². The fourth-order valence-electron chi connectivity index (χ4n) is 7.59. The summed E-state index contributed by atoms with van der Waals surface area (Å²) in [6.07, 6.45) is 4.86. The molecule has 4 saturated heterocycles.